The van der Waals surface area contributed by atoms with Crippen LogP contribution in [0.25, 0.3) is 16.7 Å². The number of carbonyl (C=O) groups is 2. The quantitative estimate of drug-likeness (QED) is 0.251. The lowest BCUT2D eigenvalue weighted by Crippen LogP contribution is -2.31. The van der Waals surface area contributed by atoms with Crippen molar-refractivity contribution in [2.75, 3.05) is 6.54 Å². The summed E-state index contributed by atoms with van der Waals surface area (Å²) < 4.78 is 0. The van der Waals surface area contributed by atoms with Crippen LogP contribution in [0.15, 0.2) is 84.8 Å². The van der Waals surface area contributed by atoms with Crippen LogP contribution in [0.1, 0.15) is 35.2 Å². The van der Waals surface area contributed by atoms with Gasteiger partial charge in [-0.25, -0.2) is 0 Å². The number of aliphatic hydroxyl groups excluding tert-OH is 1. The Balaban J connectivity index is 1.56. The molecule has 1 atom stereocenters. The number of hydrogen-bond acceptors (Lipinski definition) is 4. The minimum atomic E-state index is -0.676. The third-order valence-electron chi connectivity index (χ3n) is 6.48. The maximum atomic E-state index is 13.2. The monoisotopic (exact) mass is 451 g/mol. The molecule has 2 aromatic heterocycles. The number of aromatic nitrogens is 2. The molecule has 0 spiro atoms. The minimum Gasteiger partial charge on any atom is -0.507 e. The van der Waals surface area contributed by atoms with E-state index in [2.05, 4.69) is 16.9 Å². The van der Waals surface area contributed by atoms with Gasteiger partial charge in [-0.15, -0.1) is 0 Å². The normalized spacial score (nSPS) is 17.6. The Labute approximate surface area is 197 Å². The van der Waals surface area contributed by atoms with E-state index in [0.717, 1.165) is 34.0 Å². The molecule has 4 aromatic rings. The predicted molar refractivity (Wildman–Crippen MR) is 131 cm³/mol. The van der Waals surface area contributed by atoms with Gasteiger partial charge in [0.1, 0.15) is 5.76 Å². The van der Waals surface area contributed by atoms with Crippen molar-refractivity contribution in [2.24, 2.45) is 0 Å². The predicted octanol–water partition coefficient (Wildman–Crippen LogP) is 4.79. The molecule has 3 heterocycles. The van der Waals surface area contributed by atoms with E-state index in [4.69, 9.17) is 0 Å². The summed E-state index contributed by atoms with van der Waals surface area (Å²) in [4.78, 5) is 35.3. The number of aryl methyl sites for hydroxylation is 1. The second kappa shape index (κ2) is 8.98. The zero-order valence-electron chi connectivity index (χ0n) is 18.9. The molecule has 5 rings (SSSR count). The molecule has 6 heteroatoms. The van der Waals surface area contributed by atoms with Gasteiger partial charge in [0, 0.05) is 41.6 Å². The summed E-state index contributed by atoms with van der Waals surface area (Å²) in [5.41, 5.74) is 4.56. The van der Waals surface area contributed by atoms with Crippen LogP contribution in [0.3, 0.4) is 0 Å². The fourth-order valence-electron chi connectivity index (χ4n) is 4.63. The van der Waals surface area contributed by atoms with E-state index in [1.165, 1.54) is 6.20 Å². The zero-order chi connectivity index (χ0) is 23.7. The maximum absolute atomic E-state index is 13.2. The lowest BCUT2D eigenvalue weighted by atomic mass is 9.94. The average molecular weight is 452 g/mol. The van der Waals surface area contributed by atoms with Gasteiger partial charge in [-0.1, -0.05) is 49.4 Å². The van der Waals surface area contributed by atoms with E-state index in [9.17, 15) is 14.7 Å². The Kier molecular flexibility index (Phi) is 5.72. The van der Waals surface area contributed by atoms with Crippen LogP contribution < -0.4 is 0 Å². The van der Waals surface area contributed by atoms with Crippen molar-refractivity contribution in [1.29, 1.82) is 0 Å². The Morgan fingerprint density at radius 3 is 2.59 bits per heavy atom. The molecule has 1 aliphatic heterocycles. The van der Waals surface area contributed by atoms with Gasteiger partial charge >= 0.3 is 0 Å². The summed E-state index contributed by atoms with van der Waals surface area (Å²) in [6.07, 6.45) is 6.50. The Bertz CT molecular complexity index is 1390. The number of nitrogens with zero attached hydrogens (tertiary/aromatic N) is 2. The van der Waals surface area contributed by atoms with E-state index in [-0.39, 0.29) is 11.3 Å². The molecule has 1 aliphatic rings. The van der Waals surface area contributed by atoms with E-state index in [1.807, 2.05) is 54.7 Å². The number of nitrogens with one attached hydrogen (secondary N) is 1. The van der Waals surface area contributed by atoms with Crippen molar-refractivity contribution < 1.29 is 14.7 Å². The summed E-state index contributed by atoms with van der Waals surface area (Å²) in [6.45, 7) is 2.42. The molecular formula is C28H25N3O3. The summed E-state index contributed by atoms with van der Waals surface area (Å²) in [6, 6.07) is 18.6. The molecule has 0 bridgehead atoms. The summed E-state index contributed by atoms with van der Waals surface area (Å²) >= 11 is 0. The molecule has 170 valence electrons. The van der Waals surface area contributed by atoms with Crippen LogP contribution >= 0.6 is 0 Å². The number of ketones is 1. The number of rotatable bonds is 6. The highest BCUT2D eigenvalue weighted by Gasteiger charge is 2.45. The van der Waals surface area contributed by atoms with Gasteiger partial charge in [0.05, 0.1) is 11.6 Å². The first kappa shape index (κ1) is 21.6. The molecule has 0 radical (unpaired) electrons. The first-order chi connectivity index (χ1) is 16.6. The first-order valence-electron chi connectivity index (χ1n) is 11.4. The number of Topliss-reactive ketones (excluding diaryl/α,β-unsaturated/α-hetero) is 1. The van der Waals surface area contributed by atoms with Crippen molar-refractivity contribution in [1.82, 2.24) is 14.9 Å². The molecule has 6 nitrogen and oxygen atoms in total. The zero-order valence-corrected chi connectivity index (χ0v) is 18.9. The number of amides is 1. The number of hydrogen-bond donors (Lipinski definition) is 2. The standard InChI is InChI=1S/C28H25N3O3/c1-2-18-9-11-19(12-10-18)25-24(26(32)21-6-5-14-29-16-21)27(33)28(34)31(25)15-13-20-17-30-23-8-4-3-7-22(20)23/h3-12,14,16-17,25,30,32H,2,13,15H2,1H3. The van der Waals surface area contributed by atoms with Crippen LogP contribution in [-0.2, 0) is 22.4 Å². The third-order valence-corrected chi connectivity index (χ3v) is 6.48. The Morgan fingerprint density at radius 1 is 1.06 bits per heavy atom. The van der Waals surface area contributed by atoms with E-state index < -0.39 is 17.7 Å². The molecule has 1 unspecified atom stereocenters. The van der Waals surface area contributed by atoms with Crippen LogP contribution in [0, 0.1) is 0 Å². The van der Waals surface area contributed by atoms with E-state index in [1.54, 1.807) is 23.2 Å². The highest BCUT2D eigenvalue weighted by atomic mass is 16.3. The molecule has 34 heavy (non-hydrogen) atoms. The van der Waals surface area contributed by atoms with Crippen molar-refractivity contribution in [3.05, 3.63) is 107 Å². The van der Waals surface area contributed by atoms with Crippen molar-refractivity contribution in [3.8, 4) is 0 Å². The van der Waals surface area contributed by atoms with Crippen LogP contribution in [0.2, 0.25) is 0 Å². The van der Waals surface area contributed by atoms with Crippen molar-refractivity contribution >= 4 is 28.4 Å². The van der Waals surface area contributed by atoms with Crippen molar-refractivity contribution in [3.63, 3.8) is 0 Å². The lowest BCUT2D eigenvalue weighted by molar-refractivity contribution is -0.139. The number of benzene rings is 2. The maximum Gasteiger partial charge on any atom is 0.295 e. The smallest absolute Gasteiger partial charge is 0.295 e. The molecule has 1 saturated heterocycles. The number of H-pyrrole nitrogens is 1. The summed E-state index contributed by atoms with van der Waals surface area (Å²) in [5, 5.41) is 12.2. The van der Waals surface area contributed by atoms with Gasteiger partial charge in [-0.2, -0.15) is 0 Å². The van der Waals surface area contributed by atoms with Gasteiger partial charge < -0.3 is 15.0 Å². The van der Waals surface area contributed by atoms with Crippen molar-refractivity contribution in [2.45, 2.75) is 25.8 Å². The molecule has 0 aliphatic carbocycles. The Hall–Kier alpha value is -4.19. The van der Waals surface area contributed by atoms with Crippen LogP contribution in [0.4, 0.5) is 0 Å². The molecule has 2 aromatic carbocycles. The fraction of sp³-hybridized carbons (Fsp3) is 0.179. The molecule has 2 N–H and O–H groups in total. The number of likely N-dealkylation sites (tertiary alicyclic amines) is 1. The summed E-state index contributed by atoms with van der Waals surface area (Å²) in [7, 11) is 0. The number of aromatic amines is 1. The second-order valence-electron chi connectivity index (χ2n) is 8.44. The highest BCUT2D eigenvalue weighted by Crippen LogP contribution is 2.39. The number of aliphatic hydroxyl groups is 1. The number of pyridine rings is 1. The molecular weight excluding hydrogens is 426 g/mol. The Morgan fingerprint density at radius 2 is 1.85 bits per heavy atom. The minimum absolute atomic E-state index is 0.0983. The number of para-hydroxylation sites is 1. The first-order valence-corrected chi connectivity index (χ1v) is 11.4. The topological polar surface area (TPSA) is 86.3 Å². The molecule has 1 amide bonds. The van der Waals surface area contributed by atoms with Crippen LogP contribution in [-0.4, -0.2) is 38.2 Å². The fourth-order valence-corrected chi connectivity index (χ4v) is 4.63. The number of carbonyl (C=O) groups excluding carboxylic acids is 2. The van der Waals surface area contributed by atoms with Gasteiger partial charge in [-0.05, 0) is 47.7 Å². The largest absolute Gasteiger partial charge is 0.507 e. The summed E-state index contributed by atoms with van der Waals surface area (Å²) in [5.74, 6) is -1.48. The van der Waals surface area contributed by atoms with E-state index >= 15 is 0 Å². The third kappa shape index (κ3) is 3.77. The number of fused-ring (bicyclic) bond motifs is 1. The van der Waals surface area contributed by atoms with Gasteiger partial charge in [0.2, 0.25) is 0 Å². The molecule has 1 fully saturated rings. The average Bonchev–Trinajstić information content (AvgIpc) is 3.41. The van der Waals surface area contributed by atoms with Gasteiger partial charge in [0.15, 0.2) is 0 Å². The second-order valence-corrected chi connectivity index (χ2v) is 8.44. The van der Waals surface area contributed by atoms with Gasteiger partial charge in [0.25, 0.3) is 11.7 Å². The van der Waals surface area contributed by atoms with Crippen LogP contribution in [0.5, 0.6) is 0 Å². The molecule has 0 saturated carbocycles. The SMILES string of the molecule is CCc1ccc(C2C(=C(O)c3cccnc3)C(=O)C(=O)N2CCc2c[nH]c3ccccc23)cc1. The highest BCUT2D eigenvalue weighted by molar-refractivity contribution is 6.46. The van der Waals surface area contributed by atoms with Gasteiger partial charge in [-0.3, -0.25) is 14.6 Å². The lowest BCUT2D eigenvalue weighted by Gasteiger charge is -2.25. The van der Waals surface area contributed by atoms with E-state index in [0.29, 0.717) is 18.5 Å².